The van der Waals surface area contributed by atoms with Gasteiger partial charge in [0.05, 0.1) is 12.3 Å². The van der Waals surface area contributed by atoms with Crippen LogP contribution in [0.3, 0.4) is 0 Å². The Labute approximate surface area is 195 Å². The minimum absolute atomic E-state index is 0.0901. The van der Waals surface area contributed by atoms with Crippen molar-refractivity contribution in [2.75, 3.05) is 11.9 Å². The number of halogens is 1. The summed E-state index contributed by atoms with van der Waals surface area (Å²) in [5, 5.41) is 32.0. The van der Waals surface area contributed by atoms with E-state index in [1.165, 1.54) is 12.1 Å². The molecule has 10 nitrogen and oxygen atoms in total. The topological polar surface area (TPSA) is 149 Å². The number of benzene rings is 1. The van der Waals surface area contributed by atoms with Gasteiger partial charge in [0.1, 0.15) is 5.82 Å². The zero-order valence-electron chi connectivity index (χ0n) is 18.3. The molecule has 6 N–H and O–H groups in total. The summed E-state index contributed by atoms with van der Waals surface area (Å²) in [6.07, 6.45) is 2.55. The van der Waals surface area contributed by atoms with Crippen LogP contribution in [0, 0.1) is 11.7 Å². The molecule has 0 radical (unpaired) electrons. The van der Waals surface area contributed by atoms with Crippen LogP contribution in [-0.2, 0) is 4.74 Å². The van der Waals surface area contributed by atoms with Gasteiger partial charge in [-0.3, -0.25) is 0 Å². The SMILES string of the molecule is CCC(C)NC(=O)OCC1CC(c2cnc(Nc3ccc(SNC(O)(O)O)cc3F)nc2)C1. The number of hydrogen-bond donors (Lipinski definition) is 6. The summed E-state index contributed by atoms with van der Waals surface area (Å²) in [4.78, 5) is 20.5. The maximum absolute atomic E-state index is 14.3. The molecule has 2 aromatic rings. The first-order valence-corrected chi connectivity index (χ1v) is 11.4. The minimum Gasteiger partial charge on any atom is -0.449 e. The average Bonchev–Trinajstić information content (AvgIpc) is 2.73. The van der Waals surface area contributed by atoms with Crippen molar-refractivity contribution in [3.63, 3.8) is 0 Å². The van der Waals surface area contributed by atoms with Gasteiger partial charge in [0.15, 0.2) is 0 Å². The Morgan fingerprint density at radius 1 is 1.30 bits per heavy atom. The predicted octanol–water partition coefficient (Wildman–Crippen LogP) is 2.56. The van der Waals surface area contributed by atoms with Gasteiger partial charge in [0, 0.05) is 23.3 Å². The van der Waals surface area contributed by atoms with Gasteiger partial charge in [-0.15, -0.1) is 0 Å². The molecule has 1 fully saturated rings. The largest absolute Gasteiger partial charge is 0.449 e. The molecule has 3 rings (SSSR count). The molecule has 1 aromatic carbocycles. The molecule has 1 heterocycles. The van der Waals surface area contributed by atoms with E-state index in [0.717, 1.165) is 30.9 Å². The third kappa shape index (κ3) is 7.79. The van der Waals surface area contributed by atoms with Gasteiger partial charge >= 0.3 is 12.2 Å². The summed E-state index contributed by atoms with van der Waals surface area (Å²) >= 11 is 0.649. The first kappa shape index (κ1) is 25.1. The van der Waals surface area contributed by atoms with Crippen LogP contribution in [0.4, 0.5) is 20.8 Å². The fraction of sp³-hybridized carbons (Fsp3) is 0.476. The van der Waals surface area contributed by atoms with Crippen molar-refractivity contribution in [1.29, 1.82) is 0 Å². The van der Waals surface area contributed by atoms with Gasteiger partial charge in [-0.2, -0.15) is 4.72 Å². The number of ether oxygens (including phenoxy) is 1. The van der Waals surface area contributed by atoms with Crippen LogP contribution < -0.4 is 15.4 Å². The lowest BCUT2D eigenvalue weighted by Gasteiger charge is -2.34. The number of amides is 1. The maximum Gasteiger partial charge on any atom is 0.407 e. The van der Waals surface area contributed by atoms with Crippen LogP contribution in [0.2, 0.25) is 0 Å². The summed E-state index contributed by atoms with van der Waals surface area (Å²) < 4.78 is 21.5. The fourth-order valence-corrected chi connectivity index (χ4v) is 3.76. The van der Waals surface area contributed by atoms with Crippen LogP contribution in [0.25, 0.3) is 0 Å². The Kier molecular flexibility index (Phi) is 8.43. The van der Waals surface area contributed by atoms with Gasteiger partial charge in [0.25, 0.3) is 0 Å². The Hall–Kier alpha value is -2.51. The van der Waals surface area contributed by atoms with E-state index in [0.29, 0.717) is 35.3 Å². The third-order valence-corrected chi connectivity index (χ3v) is 6.16. The highest BCUT2D eigenvalue weighted by Crippen LogP contribution is 2.41. The molecular formula is C21H28FN5O5S. The van der Waals surface area contributed by atoms with E-state index in [2.05, 4.69) is 20.6 Å². The van der Waals surface area contributed by atoms with Crippen molar-refractivity contribution >= 4 is 29.7 Å². The zero-order chi connectivity index (χ0) is 24.0. The second kappa shape index (κ2) is 11.1. The normalized spacial score (nSPS) is 18.8. The number of aromatic nitrogens is 2. The van der Waals surface area contributed by atoms with E-state index in [9.17, 15) is 9.18 Å². The van der Waals surface area contributed by atoms with E-state index in [4.69, 9.17) is 20.1 Å². The van der Waals surface area contributed by atoms with Crippen LogP contribution in [-0.4, -0.2) is 50.1 Å². The molecule has 0 bridgehead atoms. The van der Waals surface area contributed by atoms with Crippen molar-refractivity contribution in [3.05, 3.63) is 42.0 Å². The van der Waals surface area contributed by atoms with E-state index < -0.39 is 11.9 Å². The lowest BCUT2D eigenvalue weighted by atomic mass is 9.72. The van der Waals surface area contributed by atoms with Gasteiger partial charge in [-0.1, -0.05) is 6.92 Å². The zero-order valence-corrected chi connectivity index (χ0v) is 19.1. The number of alkyl carbamates (subject to hydrolysis) is 1. The van der Waals surface area contributed by atoms with Crippen molar-refractivity contribution < 1.29 is 29.2 Å². The van der Waals surface area contributed by atoms with E-state index in [1.54, 1.807) is 12.4 Å². The number of rotatable bonds is 10. The third-order valence-electron chi connectivity index (χ3n) is 5.30. The summed E-state index contributed by atoms with van der Waals surface area (Å²) in [6.45, 7) is 4.31. The standard InChI is InChI=1S/C21H28FN5O5S/c1-3-12(2)25-20(28)32-11-13-6-14(7-13)15-9-23-19(24-10-15)26-18-5-4-16(8-17(18)22)33-27-21(29,30)31/h4-5,8-10,12-14,27,29-31H,3,6-7,11H2,1-2H3,(H,25,28)(H,23,24,26). The van der Waals surface area contributed by atoms with Gasteiger partial charge in [0.2, 0.25) is 5.95 Å². The number of anilines is 2. The van der Waals surface area contributed by atoms with Crippen LogP contribution in [0.15, 0.2) is 35.5 Å². The molecule has 1 aliphatic carbocycles. The Balaban J connectivity index is 1.45. The van der Waals surface area contributed by atoms with Gasteiger partial charge in [-0.25, -0.2) is 19.2 Å². The highest BCUT2D eigenvalue weighted by molar-refractivity contribution is 7.97. The molecule has 1 aliphatic rings. The van der Waals surface area contributed by atoms with Gasteiger partial charge < -0.3 is 30.7 Å². The number of hydrogen-bond acceptors (Lipinski definition) is 10. The lowest BCUT2D eigenvalue weighted by molar-refractivity contribution is -0.317. The van der Waals surface area contributed by atoms with Crippen LogP contribution >= 0.6 is 11.9 Å². The summed E-state index contributed by atoms with van der Waals surface area (Å²) in [5.74, 6) is 0.232. The molecular weight excluding hydrogens is 453 g/mol. The Morgan fingerprint density at radius 2 is 2.00 bits per heavy atom. The second-order valence-corrected chi connectivity index (χ2v) is 8.91. The van der Waals surface area contributed by atoms with Crippen molar-refractivity contribution in [2.24, 2.45) is 5.92 Å². The van der Waals surface area contributed by atoms with E-state index in [1.807, 2.05) is 18.6 Å². The quantitative estimate of drug-likeness (QED) is 0.221. The first-order chi connectivity index (χ1) is 15.6. The number of carbonyl (C=O) groups excluding carboxylic acids is 1. The lowest BCUT2D eigenvalue weighted by Crippen LogP contribution is -2.40. The monoisotopic (exact) mass is 481 g/mol. The molecule has 1 unspecified atom stereocenters. The fourth-order valence-electron chi connectivity index (χ4n) is 3.20. The van der Waals surface area contributed by atoms with Crippen molar-refractivity contribution in [1.82, 2.24) is 20.0 Å². The van der Waals surface area contributed by atoms with Crippen LogP contribution in [0.1, 0.15) is 44.6 Å². The van der Waals surface area contributed by atoms with Crippen LogP contribution in [0.5, 0.6) is 0 Å². The second-order valence-electron chi connectivity index (χ2n) is 8.03. The summed E-state index contributed by atoms with van der Waals surface area (Å²) in [5.41, 5.74) is 1.12. The number of carbonyl (C=O) groups is 1. The molecule has 0 aliphatic heterocycles. The van der Waals surface area contributed by atoms with Crippen molar-refractivity contribution in [3.8, 4) is 0 Å². The molecule has 1 atom stereocenters. The number of aliphatic hydroxyl groups is 3. The van der Waals surface area contributed by atoms with Gasteiger partial charge in [-0.05, 0) is 73.7 Å². The highest BCUT2D eigenvalue weighted by atomic mass is 32.2. The number of nitrogens with zero attached hydrogens (tertiary/aromatic N) is 2. The summed E-state index contributed by atoms with van der Waals surface area (Å²) in [7, 11) is 0. The highest BCUT2D eigenvalue weighted by Gasteiger charge is 2.31. The molecule has 1 aromatic heterocycles. The van der Waals surface area contributed by atoms with E-state index >= 15 is 0 Å². The Bertz CT molecular complexity index is 938. The van der Waals surface area contributed by atoms with E-state index in [-0.39, 0.29) is 23.8 Å². The number of nitrogens with one attached hydrogen (secondary N) is 3. The molecule has 1 amide bonds. The smallest absolute Gasteiger partial charge is 0.407 e. The molecule has 12 heteroatoms. The molecule has 0 saturated heterocycles. The molecule has 0 spiro atoms. The molecule has 1 saturated carbocycles. The predicted molar refractivity (Wildman–Crippen MR) is 120 cm³/mol. The average molecular weight is 482 g/mol. The van der Waals surface area contributed by atoms with Crippen molar-refractivity contribution in [2.45, 2.75) is 56.1 Å². The molecule has 33 heavy (non-hydrogen) atoms. The minimum atomic E-state index is -3.07. The molecule has 180 valence electrons. The maximum atomic E-state index is 14.3. The first-order valence-electron chi connectivity index (χ1n) is 10.6. The Morgan fingerprint density at radius 3 is 2.61 bits per heavy atom. The summed E-state index contributed by atoms with van der Waals surface area (Å²) in [6, 6.07) is 4.20.